The Bertz CT molecular complexity index is 484. The first-order chi connectivity index (χ1) is 8.45. The molecule has 98 valence electrons. The van der Waals surface area contributed by atoms with Gasteiger partial charge in [0, 0.05) is 0 Å². The monoisotopic (exact) mass is 264 g/mol. The Kier molecular flexibility index (Phi) is 2.68. The summed E-state index contributed by atoms with van der Waals surface area (Å²) in [4.78, 5) is 0. The minimum Gasteiger partial charge on any atom is -0.506 e. The quantitative estimate of drug-likeness (QED) is 0.704. The van der Waals surface area contributed by atoms with Crippen LogP contribution < -0.4 is 0 Å². The molecule has 1 aromatic carbocycles. The second-order valence-electron chi connectivity index (χ2n) is 6.75. The Morgan fingerprint density at radius 3 is 2.39 bits per heavy atom. The van der Waals surface area contributed by atoms with E-state index in [0.717, 1.165) is 0 Å². The van der Waals surface area contributed by atoms with E-state index in [-0.39, 0.29) is 11.2 Å². The fraction of sp³-hybridized carbons (Fsp3) is 0.625. The zero-order valence-corrected chi connectivity index (χ0v) is 12.0. The molecule has 0 saturated heterocycles. The maximum Gasteiger partial charge on any atom is 0.134 e. The van der Waals surface area contributed by atoms with Gasteiger partial charge in [-0.25, -0.2) is 0 Å². The van der Waals surface area contributed by atoms with Crippen molar-refractivity contribution >= 4 is 11.6 Å². The van der Waals surface area contributed by atoms with Crippen molar-refractivity contribution in [3.05, 3.63) is 28.3 Å². The Morgan fingerprint density at radius 2 is 1.72 bits per heavy atom. The number of hydrogen-bond acceptors (Lipinski definition) is 1. The van der Waals surface area contributed by atoms with Crippen LogP contribution in [0.5, 0.6) is 5.75 Å². The van der Waals surface area contributed by atoms with E-state index in [2.05, 4.69) is 13.8 Å². The predicted octanol–water partition coefficient (Wildman–Crippen LogP) is 4.93. The molecular weight excluding hydrogens is 244 g/mol. The summed E-state index contributed by atoms with van der Waals surface area (Å²) in [5, 5.41) is 10.4. The van der Waals surface area contributed by atoms with Crippen molar-refractivity contribution in [3.63, 3.8) is 0 Å². The van der Waals surface area contributed by atoms with Crippen LogP contribution in [0.3, 0.4) is 0 Å². The fourth-order valence-electron chi connectivity index (χ4n) is 4.27. The normalized spacial score (nSPS) is 24.2. The molecule has 1 nitrogen and oxygen atoms in total. The van der Waals surface area contributed by atoms with Gasteiger partial charge in [0.25, 0.3) is 0 Å². The third kappa shape index (κ3) is 1.67. The largest absolute Gasteiger partial charge is 0.506 e. The van der Waals surface area contributed by atoms with Crippen LogP contribution in [0.15, 0.2) is 12.1 Å². The SMILES string of the molecule is CC1(C)CC2(CCCCC2)c2cc(Cl)c(O)cc21. The second-order valence-corrected chi connectivity index (χ2v) is 7.16. The molecule has 0 amide bonds. The van der Waals surface area contributed by atoms with Gasteiger partial charge >= 0.3 is 0 Å². The number of halogens is 1. The van der Waals surface area contributed by atoms with Gasteiger partial charge in [0.1, 0.15) is 5.75 Å². The van der Waals surface area contributed by atoms with E-state index in [1.807, 2.05) is 12.1 Å². The fourth-order valence-corrected chi connectivity index (χ4v) is 4.44. The lowest BCUT2D eigenvalue weighted by atomic mass is 9.69. The standard InChI is InChI=1S/C16H21ClO/c1-15(2)10-16(6-4-3-5-7-16)12-8-13(17)14(18)9-11(12)15/h8-9,18H,3-7,10H2,1-2H3. The van der Waals surface area contributed by atoms with Crippen LogP contribution in [-0.4, -0.2) is 5.11 Å². The number of phenols is 1. The smallest absolute Gasteiger partial charge is 0.134 e. The maximum absolute atomic E-state index is 9.87. The van der Waals surface area contributed by atoms with Crippen molar-refractivity contribution in [2.45, 2.75) is 63.2 Å². The van der Waals surface area contributed by atoms with Crippen molar-refractivity contribution in [1.29, 1.82) is 0 Å². The first-order valence-electron chi connectivity index (χ1n) is 6.98. The summed E-state index contributed by atoms with van der Waals surface area (Å²) in [6.45, 7) is 4.59. The maximum atomic E-state index is 9.87. The summed E-state index contributed by atoms with van der Waals surface area (Å²) in [6, 6.07) is 3.94. The Hall–Kier alpha value is -0.690. The number of hydrogen-bond donors (Lipinski definition) is 1. The van der Waals surface area contributed by atoms with Gasteiger partial charge in [0.05, 0.1) is 5.02 Å². The molecule has 0 radical (unpaired) electrons. The molecule has 0 atom stereocenters. The number of fused-ring (bicyclic) bond motifs is 2. The van der Waals surface area contributed by atoms with Gasteiger partial charge in [0.15, 0.2) is 0 Å². The first-order valence-corrected chi connectivity index (χ1v) is 7.36. The Morgan fingerprint density at radius 1 is 1.06 bits per heavy atom. The molecule has 2 heteroatoms. The Labute approximate surface area is 114 Å². The average Bonchev–Trinajstić information content (AvgIpc) is 2.50. The zero-order chi connectivity index (χ0) is 13.0. The molecule has 2 aliphatic carbocycles. The van der Waals surface area contributed by atoms with Crippen molar-refractivity contribution in [2.24, 2.45) is 0 Å². The summed E-state index contributed by atoms with van der Waals surface area (Å²) in [7, 11) is 0. The van der Waals surface area contributed by atoms with E-state index < -0.39 is 0 Å². The lowest BCUT2D eigenvalue weighted by molar-refractivity contribution is 0.257. The lowest BCUT2D eigenvalue weighted by Crippen LogP contribution is -2.28. The van der Waals surface area contributed by atoms with E-state index in [0.29, 0.717) is 10.4 Å². The van der Waals surface area contributed by atoms with Gasteiger partial charge in [-0.05, 0) is 53.4 Å². The minimum atomic E-state index is 0.161. The van der Waals surface area contributed by atoms with E-state index in [1.165, 1.54) is 49.7 Å². The van der Waals surface area contributed by atoms with Crippen LogP contribution >= 0.6 is 11.6 Å². The first kappa shape index (κ1) is 12.3. The number of benzene rings is 1. The molecule has 0 unspecified atom stereocenters. The summed E-state index contributed by atoms with van der Waals surface area (Å²) < 4.78 is 0. The highest BCUT2D eigenvalue weighted by Crippen LogP contribution is 2.57. The molecule has 1 aromatic rings. The second kappa shape index (κ2) is 3.90. The molecule has 18 heavy (non-hydrogen) atoms. The van der Waals surface area contributed by atoms with Gasteiger partial charge in [-0.3, -0.25) is 0 Å². The molecule has 0 heterocycles. The van der Waals surface area contributed by atoms with Gasteiger partial charge < -0.3 is 5.11 Å². The van der Waals surface area contributed by atoms with Crippen LogP contribution in [0.25, 0.3) is 0 Å². The number of aromatic hydroxyl groups is 1. The predicted molar refractivity (Wildman–Crippen MR) is 75.5 cm³/mol. The summed E-state index contributed by atoms with van der Waals surface area (Å²) in [6.07, 6.45) is 7.79. The average molecular weight is 265 g/mol. The number of rotatable bonds is 0. The molecule has 1 saturated carbocycles. The van der Waals surface area contributed by atoms with E-state index in [4.69, 9.17) is 11.6 Å². The highest BCUT2D eigenvalue weighted by molar-refractivity contribution is 6.32. The molecule has 0 aromatic heterocycles. The third-order valence-electron chi connectivity index (χ3n) is 4.98. The lowest BCUT2D eigenvalue weighted by Gasteiger charge is -2.36. The van der Waals surface area contributed by atoms with Crippen LogP contribution in [0.1, 0.15) is 63.5 Å². The molecule has 3 rings (SSSR count). The Balaban J connectivity index is 2.17. The summed E-state index contributed by atoms with van der Waals surface area (Å²) in [5.74, 6) is 0.233. The van der Waals surface area contributed by atoms with E-state index >= 15 is 0 Å². The molecule has 2 aliphatic rings. The number of phenolic OH excluding ortho intramolecular Hbond substituents is 1. The van der Waals surface area contributed by atoms with Gasteiger partial charge in [0.2, 0.25) is 0 Å². The van der Waals surface area contributed by atoms with E-state index in [9.17, 15) is 5.11 Å². The minimum absolute atomic E-state index is 0.161. The molecule has 1 N–H and O–H groups in total. The van der Waals surface area contributed by atoms with Crippen molar-refractivity contribution < 1.29 is 5.11 Å². The zero-order valence-electron chi connectivity index (χ0n) is 11.2. The summed E-state index contributed by atoms with van der Waals surface area (Å²) >= 11 is 6.14. The highest BCUT2D eigenvalue weighted by atomic mass is 35.5. The van der Waals surface area contributed by atoms with Crippen molar-refractivity contribution in [2.75, 3.05) is 0 Å². The van der Waals surface area contributed by atoms with Crippen LogP contribution in [0, 0.1) is 0 Å². The highest BCUT2D eigenvalue weighted by Gasteiger charge is 2.48. The third-order valence-corrected chi connectivity index (χ3v) is 5.28. The molecule has 0 aliphatic heterocycles. The topological polar surface area (TPSA) is 20.2 Å². The van der Waals surface area contributed by atoms with Crippen molar-refractivity contribution in [3.8, 4) is 5.75 Å². The van der Waals surface area contributed by atoms with Crippen LogP contribution in [0.2, 0.25) is 5.02 Å². The molecule has 1 fully saturated rings. The van der Waals surface area contributed by atoms with Gasteiger partial charge in [-0.15, -0.1) is 0 Å². The van der Waals surface area contributed by atoms with Crippen LogP contribution in [0.4, 0.5) is 0 Å². The van der Waals surface area contributed by atoms with Gasteiger partial charge in [-0.2, -0.15) is 0 Å². The molecule has 1 spiro atoms. The summed E-state index contributed by atoms with van der Waals surface area (Å²) in [5.41, 5.74) is 3.21. The van der Waals surface area contributed by atoms with Crippen LogP contribution in [-0.2, 0) is 10.8 Å². The van der Waals surface area contributed by atoms with E-state index in [1.54, 1.807) is 0 Å². The van der Waals surface area contributed by atoms with Crippen molar-refractivity contribution in [1.82, 2.24) is 0 Å². The molecule has 0 bridgehead atoms. The molecular formula is C16H21ClO. The van der Waals surface area contributed by atoms with Gasteiger partial charge in [-0.1, -0.05) is 44.7 Å².